The summed E-state index contributed by atoms with van der Waals surface area (Å²) < 4.78 is 7.07. The highest BCUT2D eigenvalue weighted by molar-refractivity contribution is 6.03. The first-order valence-electron chi connectivity index (χ1n) is 11.1. The third-order valence-electron chi connectivity index (χ3n) is 5.91. The summed E-state index contributed by atoms with van der Waals surface area (Å²) >= 11 is 0. The molecule has 0 aliphatic carbocycles. The van der Waals surface area contributed by atoms with Crippen molar-refractivity contribution in [3.05, 3.63) is 29.5 Å². The average Bonchev–Trinajstić information content (AvgIpc) is 3.08. The summed E-state index contributed by atoms with van der Waals surface area (Å²) in [4.78, 5) is 52.5. The minimum absolute atomic E-state index is 0.121. The van der Waals surface area contributed by atoms with Crippen molar-refractivity contribution >= 4 is 34.7 Å². The summed E-state index contributed by atoms with van der Waals surface area (Å²) in [5, 5.41) is 7.69. The molecule has 1 atom stereocenters. The van der Waals surface area contributed by atoms with Crippen LogP contribution >= 0.6 is 0 Å². The zero-order valence-electron chi connectivity index (χ0n) is 19.4. The number of hydrogen-bond donors (Lipinski definition) is 1. The van der Waals surface area contributed by atoms with Gasteiger partial charge in [0.05, 0.1) is 17.1 Å². The van der Waals surface area contributed by atoms with Crippen molar-refractivity contribution in [2.75, 3.05) is 26.2 Å². The fourth-order valence-electron chi connectivity index (χ4n) is 4.23. The van der Waals surface area contributed by atoms with Gasteiger partial charge in [-0.15, -0.1) is 0 Å². The Labute approximate surface area is 191 Å². The second-order valence-electron chi connectivity index (χ2n) is 9.50. The van der Waals surface area contributed by atoms with Crippen molar-refractivity contribution in [2.45, 2.75) is 45.1 Å². The molecule has 2 aromatic rings. The molecule has 4 rings (SSSR count). The number of rotatable bonds is 2. The summed E-state index contributed by atoms with van der Waals surface area (Å²) in [7, 11) is 1.77. The van der Waals surface area contributed by atoms with Crippen LogP contribution in [-0.4, -0.2) is 75.2 Å². The lowest BCUT2D eigenvalue weighted by atomic mass is 9.92. The number of carbonyl (C=O) groups excluding carboxylic acids is 4. The maximum atomic E-state index is 13.1. The maximum absolute atomic E-state index is 13.1. The van der Waals surface area contributed by atoms with E-state index in [0.717, 1.165) is 10.9 Å². The summed E-state index contributed by atoms with van der Waals surface area (Å²) in [6, 6.07) is 5.33. The largest absolute Gasteiger partial charge is 0.444 e. The minimum atomic E-state index is -0.560. The standard InChI is InChI=1S/C23H29N5O5/c1-23(2,3)33-22(32)28-11-9-27(10-12-28)21(31)14-5-6-15-17(13-14)26(4)25-19(15)16-7-8-18(29)24-20(16)30/h5-6,13,16H,7-12H2,1-4H3,(H,24,29,30). The van der Waals surface area contributed by atoms with Gasteiger partial charge < -0.3 is 14.5 Å². The third kappa shape index (κ3) is 4.69. The van der Waals surface area contributed by atoms with Gasteiger partial charge >= 0.3 is 6.09 Å². The van der Waals surface area contributed by atoms with E-state index in [2.05, 4.69) is 10.4 Å². The summed E-state index contributed by atoms with van der Waals surface area (Å²) in [6.07, 6.45) is 0.326. The molecule has 1 aromatic carbocycles. The van der Waals surface area contributed by atoms with Crippen LogP contribution in [0.2, 0.25) is 0 Å². The summed E-state index contributed by atoms with van der Waals surface area (Å²) in [6.45, 7) is 7.13. The van der Waals surface area contributed by atoms with E-state index in [1.807, 2.05) is 26.8 Å². The first-order chi connectivity index (χ1) is 15.5. The van der Waals surface area contributed by atoms with Crippen LogP contribution in [0.4, 0.5) is 4.79 Å². The van der Waals surface area contributed by atoms with Gasteiger partial charge in [-0.3, -0.25) is 24.4 Å². The molecule has 4 amide bonds. The van der Waals surface area contributed by atoms with E-state index in [4.69, 9.17) is 4.74 Å². The molecule has 0 spiro atoms. The zero-order chi connectivity index (χ0) is 23.9. The monoisotopic (exact) mass is 455 g/mol. The van der Waals surface area contributed by atoms with Gasteiger partial charge in [0.1, 0.15) is 5.60 Å². The number of aromatic nitrogens is 2. The molecule has 1 aromatic heterocycles. The number of benzene rings is 1. The van der Waals surface area contributed by atoms with Crippen LogP contribution in [0.25, 0.3) is 10.9 Å². The van der Waals surface area contributed by atoms with Crippen LogP contribution in [-0.2, 0) is 21.4 Å². The zero-order valence-corrected chi connectivity index (χ0v) is 19.4. The molecule has 1 unspecified atom stereocenters. The number of piperidine rings is 1. The lowest BCUT2D eigenvalue weighted by molar-refractivity contribution is -0.134. The first kappa shape index (κ1) is 22.8. The Morgan fingerprint density at radius 1 is 1.09 bits per heavy atom. The van der Waals surface area contributed by atoms with Crippen LogP contribution in [0, 0.1) is 0 Å². The predicted octanol–water partition coefficient (Wildman–Crippen LogP) is 1.79. The Bertz CT molecular complexity index is 1120. The van der Waals surface area contributed by atoms with Crippen molar-refractivity contribution in [3.8, 4) is 0 Å². The number of imide groups is 1. The molecular weight excluding hydrogens is 426 g/mol. The van der Waals surface area contributed by atoms with Crippen LogP contribution < -0.4 is 5.32 Å². The Kier molecular flexibility index (Phi) is 5.85. The highest BCUT2D eigenvalue weighted by Crippen LogP contribution is 2.31. The Balaban J connectivity index is 1.48. The van der Waals surface area contributed by atoms with Crippen molar-refractivity contribution in [1.82, 2.24) is 24.9 Å². The van der Waals surface area contributed by atoms with Gasteiger partial charge in [-0.2, -0.15) is 5.10 Å². The molecule has 2 aliphatic heterocycles. The lowest BCUT2D eigenvalue weighted by Crippen LogP contribution is -2.51. The Hall–Kier alpha value is -3.43. The average molecular weight is 456 g/mol. The van der Waals surface area contributed by atoms with Gasteiger partial charge in [0, 0.05) is 50.6 Å². The van der Waals surface area contributed by atoms with Gasteiger partial charge in [-0.25, -0.2) is 4.79 Å². The van der Waals surface area contributed by atoms with Gasteiger partial charge in [0.2, 0.25) is 11.8 Å². The third-order valence-corrected chi connectivity index (χ3v) is 5.91. The predicted molar refractivity (Wildman–Crippen MR) is 120 cm³/mol. The quantitative estimate of drug-likeness (QED) is 0.691. The molecule has 0 saturated carbocycles. The highest BCUT2D eigenvalue weighted by Gasteiger charge is 2.32. The molecule has 2 saturated heterocycles. The molecule has 2 aliphatic rings. The number of piperazine rings is 1. The molecule has 10 heteroatoms. The normalized spacial score (nSPS) is 19.6. The lowest BCUT2D eigenvalue weighted by Gasteiger charge is -2.35. The number of amides is 4. The fourth-order valence-corrected chi connectivity index (χ4v) is 4.23. The van der Waals surface area contributed by atoms with Gasteiger partial charge in [0.15, 0.2) is 0 Å². The number of nitrogens with one attached hydrogen (secondary N) is 1. The van der Waals surface area contributed by atoms with E-state index in [-0.39, 0.29) is 30.2 Å². The molecule has 176 valence electrons. The summed E-state index contributed by atoms with van der Waals surface area (Å²) in [5.74, 6) is -1.22. The van der Waals surface area contributed by atoms with E-state index >= 15 is 0 Å². The van der Waals surface area contributed by atoms with Crippen LogP contribution in [0.3, 0.4) is 0 Å². The van der Waals surface area contributed by atoms with E-state index in [1.165, 1.54) is 0 Å². The summed E-state index contributed by atoms with van der Waals surface area (Å²) in [5.41, 5.74) is 1.32. The minimum Gasteiger partial charge on any atom is -0.444 e. The van der Waals surface area contributed by atoms with Crippen molar-refractivity contribution < 1.29 is 23.9 Å². The molecular formula is C23H29N5O5. The van der Waals surface area contributed by atoms with E-state index in [1.54, 1.807) is 33.7 Å². The number of nitrogens with zero attached hydrogens (tertiary/aromatic N) is 4. The first-order valence-corrected chi connectivity index (χ1v) is 11.1. The molecule has 33 heavy (non-hydrogen) atoms. The fraction of sp³-hybridized carbons (Fsp3) is 0.522. The van der Waals surface area contributed by atoms with Gasteiger partial charge in [0.25, 0.3) is 5.91 Å². The highest BCUT2D eigenvalue weighted by atomic mass is 16.6. The Morgan fingerprint density at radius 2 is 1.76 bits per heavy atom. The van der Waals surface area contributed by atoms with Crippen molar-refractivity contribution in [3.63, 3.8) is 0 Å². The Morgan fingerprint density at radius 3 is 2.39 bits per heavy atom. The maximum Gasteiger partial charge on any atom is 0.410 e. The topological polar surface area (TPSA) is 114 Å². The van der Waals surface area contributed by atoms with E-state index < -0.39 is 11.5 Å². The molecule has 1 N–H and O–H groups in total. The number of aryl methyl sites for hydroxylation is 1. The van der Waals surface area contributed by atoms with Crippen LogP contribution in [0.1, 0.15) is 55.6 Å². The van der Waals surface area contributed by atoms with Crippen LogP contribution in [0.15, 0.2) is 18.2 Å². The SMILES string of the molecule is Cn1nc(C2CCC(=O)NC2=O)c2ccc(C(=O)N3CCN(C(=O)OC(C)(C)C)CC3)cc21. The number of hydrogen-bond acceptors (Lipinski definition) is 6. The van der Waals surface area contributed by atoms with Crippen molar-refractivity contribution in [2.24, 2.45) is 7.05 Å². The van der Waals surface area contributed by atoms with Crippen LogP contribution in [0.5, 0.6) is 0 Å². The second-order valence-corrected chi connectivity index (χ2v) is 9.50. The molecule has 2 fully saturated rings. The van der Waals surface area contributed by atoms with E-state index in [0.29, 0.717) is 43.9 Å². The molecule has 10 nitrogen and oxygen atoms in total. The molecule has 0 bridgehead atoms. The number of fused-ring (bicyclic) bond motifs is 1. The van der Waals surface area contributed by atoms with Gasteiger partial charge in [-0.05, 0) is 39.3 Å². The smallest absolute Gasteiger partial charge is 0.410 e. The van der Waals surface area contributed by atoms with Crippen molar-refractivity contribution in [1.29, 1.82) is 0 Å². The number of ether oxygens (including phenoxy) is 1. The van der Waals surface area contributed by atoms with E-state index in [9.17, 15) is 19.2 Å². The van der Waals surface area contributed by atoms with Gasteiger partial charge in [-0.1, -0.05) is 6.07 Å². The molecule has 0 radical (unpaired) electrons. The number of carbonyl (C=O) groups is 4. The second kappa shape index (κ2) is 8.49. The molecule has 3 heterocycles.